The lowest BCUT2D eigenvalue weighted by Crippen LogP contribution is -2.61. The third-order valence-corrected chi connectivity index (χ3v) is 7.49. The molecule has 2 saturated heterocycles. The number of hydrogen-bond acceptors (Lipinski definition) is 12. The smallest absolute Gasteiger partial charge is 0.187 e. The first kappa shape index (κ1) is 30.3. The van der Waals surface area contributed by atoms with Crippen molar-refractivity contribution in [3.63, 3.8) is 0 Å². The fourth-order valence-corrected chi connectivity index (χ4v) is 4.90. The van der Waals surface area contributed by atoms with Crippen LogP contribution in [-0.4, -0.2) is 121 Å². The molecule has 2 heterocycles. The van der Waals surface area contributed by atoms with E-state index in [-0.39, 0.29) is 12.2 Å². The van der Waals surface area contributed by atoms with Crippen LogP contribution >= 0.6 is 0 Å². The predicted octanol–water partition coefficient (Wildman–Crippen LogP) is -1.72. The highest BCUT2D eigenvalue weighted by Gasteiger charge is 2.48. The summed E-state index contributed by atoms with van der Waals surface area (Å²) in [7, 11) is 0. The quantitative estimate of drug-likeness (QED) is 0.183. The van der Waals surface area contributed by atoms with E-state index in [1.807, 2.05) is 0 Å². The summed E-state index contributed by atoms with van der Waals surface area (Å²) in [6.45, 7) is 7.93. The minimum atomic E-state index is -1.65. The van der Waals surface area contributed by atoms with E-state index in [4.69, 9.17) is 18.9 Å². The molecule has 3 aliphatic rings. The van der Waals surface area contributed by atoms with Crippen LogP contribution < -0.4 is 0 Å². The number of rotatable bonds is 7. The van der Waals surface area contributed by atoms with Gasteiger partial charge in [0.15, 0.2) is 18.4 Å². The van der Waals surface area contributed by atoms with Gasteiger partial charge in [-0.3, -0.25) is 4.79 Å². The maximum Gasteiger partial charge on any atom is 0.187 e. The minimum absolute atomic E-state index is 0.0734. The Kier molecular flexibility index (Phi) is 9.36. The molecule has 0 aromatic carbocycles. The number of allylic oxidation sites excluding steroid dienone is 1. The normalized spacial score (nSPS) is 45.6. The van der Waals surface area contributed by atoms with Gasteiger partial charge in [-0.25, -0.2) is 0 Å². The molecule has 212 valence electrons. The summed E-state index contributed by atoms with van der Waals surface area (Å²) < 4.78 is 22.2. The van der Waals surface area contributed by atoms with E-state index in [9.17, 15) is 40.5 Å². The maximum atomic E-state index is 11.9. The van der Waals surface area contributed by atoms with Gasteiger partial charge in [0, 0.05) is 11.8 Å². The first-order valence-corrected chi connectivity index (χ1v) is 12.4. The third kappa shape index (κ3) is 6.15. The van der Waals surface area contributed by atoms with Gasteiger partial charge in [0.2, 0.25) is 0 Å². The van der Waals surface area contributed by atoms with Crippen molar-refractivity contribution in [1.29, 1.82) is 0 Å². The zero-order chi connectivity index (χ0) is 27.9. The number of aliphatic hydroxyl groups is 7. The lowest BCUT2D eigenvalue weighted by molar-refractivity contribution is -0.330. The Morgan fingerprint density at radius 2 is 1.59 bits per heavy atom. The molecule has 37 heavy (non-hydrogen) atoms. The summed E-state index contributed by atoms with van der Waals surface area (Å²) in [5, 5.41) is 72.3. The van der Waals surface area contributed by atoms with Crippen molar-refractivity contribution < 1.29 is 59.5 Å². The molecule has 2 fully saturated rings. The van der Waals surface area contributed by atoms with Crippen LogP contribution in [0.5, 0.6) is 0 Å². The van der Waals surface area contributed by atoms with E-state index in [2.05, 4.69) is 0 Å². The van der Waals surface area contributed by atoms with Crippen molar-refractivity contribution in [2.45, 2.75) is 114 Å². The van der Waals surface area contributed by atoms with Crippen molar-refractivity contribution in [3.8, 4) is 0 Å². The number of ether oxygens (including phenoxy) is 4. The molecule has 0 aromatic heterocycles. The Balaban J connectivity index is 1.65. The Morgan fingerprint density at radius 1 is 1.00 bits per heavy atom. The predicted molar refractivity (Wildman–Crippen MR) is 127 cm³/mol. The first-order chi connectivity index (χ1) is 17.1. The van der Waals surface area contributed by atoms with Crippen LogP contribution in [0.1, 0.15) is 41.0 Å². The monoisotopic (exact) mass is 532 g/mol. The van der Waals surface area contributed by atoms with Crippen LogP contribution in [-0.2, 0) is 23.7 Å². The van der Waals surface area contributed by atoms with Gasteiger partial charge in [-0.15, -0.1) is 0 Å². The highest BCUT2D eigenvalue weighted by Crippen LogP contribution is 2.44. The molecular formula is C25H40O12. The van der Waals surface area contributed by atoms with Crippen LogP contribution in [0, 0.1) is 5.41 Å². The van der Waals surface area contributed by atoms with Crippen molar-refractivity contribution in [3.05, 3.63) is 23.8 Å². The molecule has 1 aliphatic carbocycles. The highest BCUT2D eigenvalue weighted by molar-refractivity contribution is 5.92. The summed E-state index contributed by atoms with van der Waals surface area (Å²) in [6.07, 6.45) is -10.1. The van der Waals surface area contributed by atoms with Gasteiger partial charge in [-0.05, 0) is 38.5 Å². The summed E-state index contributed by atoms with van der Waals surface area (Å²) >= 11 is 0. The van der Waals surface area contributed by atoms with Gasteiger partial charge >= 0.3 is 0 Å². The topological polar surface area (TPSA) is 196 Å². The standard InChI is InChI=1S/C25H40O12/c1-11-8-14(26)9-24(4,5)25(11,33)7-6-12(2)35-23-21(32)19(30)17(28)15(37-23)10-34-22-20(31)18(29)16(27)13(3)36-22/h6-8,12-13,15-23,27-33H,9-10H2,1-5H3/b7-6+/t12-,13+,15-,16+,17-,18-,19+,20-,21-,22-,23-,25-/m1/s1. The van der Waals surface area contributed by atoms with E-state index < -0.39 is 85.1 Å². The Bertz CT molecular complexity index is 874. The molecule has 0 unspecified atom stereocenters. The van der Waals surface area contributed by atoms with E-state index in [0.717, 1.165) is 0 Å². The Hall–Kier alpha value is -1.29. The van der Waals surface area contributed by atoms with Gasteiger partial charge in [0.1, 0.15) is 48.3 Å². The lowest BCUT2D eigenvalue weighted by Gasteiger charge is -2.44. The van der Waals surface area contributed by atoms with Crippen molar-refractivity contribution in [1.82, 2.24) is 0 Å². The molecule has 12 heteroatoms. The van der Waals surface area contributed by atoms with E-state index in [0.29, 0.717) is 5.57 Å². The number of aliphatic hydroxyl groups excluding tert-OH is 6. The second-order valence-electron chi connectivity index (χ2n) is 10.9. The van der Waals surface area contributed by atoms with E-state index in [1.54, 1.807) is 33.8 Å². The number of ketones is 1. The van der Waals surface area contributed by atoms with Crippen LogP contribution in [0.3, 0.4) is 0 Å². The zero-order valence-electron chi connectivity index (χ0n) is 21.7. The molecule has 0 aromatic rings. The summed E-state index contributed by atoms with van der Waals surface area (Å²) in [6, 6.07) is 0. The largest absolute Gasteiger partial charge is 0.388 e. The first-order valence-electron chi connectivity index (χ1n) is 12.4. The zero-order valence-corrected chi connectivity index (χ0v) is 21.7. The van der Waals surface area contributed by atoms with Crippen molar-refractivity contribution >= 4 is 5.78 Å². The van der Waals surface area contributed by atoms with Gasteiger partial charge in [-0.2, -0.15) is 0 Å². The number of carbonyl (C=O) groups excluding carboxylic acids is 1. The summed E-state index contributed by atoms with van der Waals surface area (Å²) in [4.78, 5) is 11.9. The average molecular weight is 533 g/mol. The van der Waals surface area contributed by atoms with Gasteiger partial charge < -0.3 is 54.7 Å². The number of hydrogen-bond donors (Lipinski definition) is 7. The molecular weight excluding hydrogens is 492 g/mol. The van der Waals surface area contributed by atoms with Crippen LogP contribution in [0.4, 0.5) is 0 Å². The summed E-state index contributed by atoms with van der Waals surface area (Å²) in [5.41, 5.74) is -1.69. The fraction of sp³-hybridized carbons (Fsp3) is 0.800. The van der Waals surface area contributed by atoms with Crippen LogP contribution in [0.2, 0.25) is 0 Å². The SMILES string of the molecule is CC1=CC(=O)CC(C)(C)[C@@]1(O)/C=C/[C@@H](C)O[C@@H]1O[C@H](CO[C@@H]2O[C@@H](C)[C@H](O)[C@@H](O)[C@H]2O)[C@@H](O)[C@H](O)[C@H]1O. The molecule has 0 radical (unpaired) electrons. The Morgan fingerprint density at radius 3 is 2.22 bits per heavy atom. The minimum Gasteiger partial charge on any atom is -0.388 e. The van der Waals surface area contributed by atoms with Gasteiger partial charge in [0.05, 0.1) is 18.8 Å². The van der Waals surface area contributed by atoms with E-state index >= 15 is 0 Å². The molecule has 0 spiro atoms. The molecule has 7 N–H and O–H groups in total. The highest BCUT2D eigenvalue weighted by atomic mass is 16.7. The molecule has 12 atom stereocenters. The molecule has 0 saturated carbocycles. The Labute approximate surface area is 215 Å². The third-order valence-electron chi connectivity index (χ3n) is 7.49. The van der Waals surface area contributed by atoms with Gasteiger partial charge in [-0.1, -0.05) is 19.9 Å². The lowest BCUT2D eigenvalue weighted by atomic mass is 9.64. The number of carbonyl (C=O) groups is 1. The molecule has 2 aliphatic heterocycles. The molecule has 0 bridgehead atoms. The van der Waals surface area contributed by atoms with Gasteiger partial charge in [0.25, 0.3) is 0 Å². The summed E-state index contributed by atoms with van der Waals surface area (Å²) in [5.74, 6) is -0.0734. The van der Waals surface area contributed by atoms with Crippen LogP contribution in [0.25, 0.3) is 0 Å². The molecule has 0 amide bonds. The van der Waals surface area contributed by atoms with Crippen molar-refractivity contribution in [2.75, 3.05) is 6.61 Å². The van der Waals surface area contributed by atoms with Crippen LogP contribution in [0.15, 0.2) is 23.8 Å². The molecule has 12 nitrogen and oxygen atoms in total. The average Bonchev–Trinajstić information content (AvgIpc) is 2.82. The molecule has 3 rings (SSSR count). The maximum absolute atomic E-state index is 11.9. The second kappa shape index (κ2) is 11.4. The van der Waals surface area contributed by atoms with Crippen molar-refractivity contribution in [2.24, 2.45) is 5.41 Å². The second-order valence-corrected chi connectivity index (χ2v) is 10.9. The van der Waals surface area contributed by atoms with E-state index in [1.165, 1.54) is 19.1 Å². The fourth-order valence-electron chi connectivity index (χ4n) is 4.90.